The summed E-state index contributed by atoms with van der Waals surface area (Å²) in [5.41, 5.74) is 2.53. The first-order chi connectivity index (χ1) is 17.6. The third-order valence-electron chi connectivity index (χ3n) is 6.06. The van der Waals surface area contributed by atoms with E-state index in [0.29, 0.717) is 23.5 Å². The average molecular weight is 492 g/mol. The second-order valence-corrected chi connectivity index (χ2v) is 8.51. The highest BCUT2D eigenvalue weighted by Gasteiger charge is 2.19. The number of hydrogen-bond donors (Lipinski definition) is 1. The van der Waals surface area contributed by atoms with E-state index in [1.54, 1.807) is 30.1 Å². The predicted molar refractivity (Wildman–Crippen MR) is 128 cm³/mol. The number of amides is 1. The van der Waals surface area contributed by atoms with E-state index in [2.05, 4.69) is 35.8 Å². The fourth-order valence-corrected chi connectivity index (χ4v) is 4.28. The van der Waals surface area contributed by atoms with Gasteiger partial charge in [-0.15, -0.1) is 5.10 Å². The van der Waals surface area contributed by atoms with Crippen molar-refractivity contribution < 1.29 is 13.9 Å². The molecule has 1 aliphatic rings. The number of ether oxygens (including phenoxy) is 1. The van der Waals surface area contributed by atoms with Crippen LogP contribution in [0.3, 0.4) is 0 Å². The Bertz CT molecular complexity index is 1320. The van der Waals surface area contributed by atoms with Gasteiger partial charge in [0.05, 0.1) is 24.4 Å². The monoisotopic (exact) mass is 491 g/mol. The van der Waals surface area contributed by atoms with Crippen molar-refractivity contribution in [2.75, 3.05) is 25.1 Å². The number of aromatic nitrogens is 7. The van der Waals surface area contributed by atoms with Crippen LogP contribution in [0.2, 0.25) is 0 Å². The number of nitrogens with one attached hydrogen (secondary N) is 1. The maximum absolute atomic E-state index is 14.6. The Balaban J connectivity index is 1.30. The minimum absolute atomic E-state index is 0.0554. The summed E-state index contributed by atoms with van der Waals surface area (Å²) in [5.74, 6) is 0.119. The number of tetrazole rings is 1. The summed E-state index contributed by atoms with van der Waals surface area (Å²) in [7, 11) is 1.54. The second kappa shape index (κ2) is 10.6. The first-order valence-corrected chi connectivity index (χ1v) is 11.7. The van der Waals surface area contributed by atoms with Crippen molar-refractivity contribution in [1.82, 2.24) is 40.3 Å². The number of carbonyl (C=O) groups excluding carboxylic acids is 1. The molecule has 12 heteroatoms. The molecule has 1 saturated heterocycles. The van der Waals surface area contributed by atoms with Gasteiger partial charge in [-0.3, -0.25) is 9.48 Å². The van der Waals surface area contributed by atoms with Gasteiger partial charge < -0.3 is 15.0 Å². The summed E-state index contributed by atoms with van der Waals surface area (Å²) in [6.07, 6.45) is 7.26. The van der Waals surface area contributed by atoms with Gasteiger partial charge in [-0.25, -0.2) is 14.1 Å². The maximum Gasteiger partial charge on any atom is 0.255 e. The van der Waals surface area contributed by atoms with Crippen LogP contribution in [0.4, 0.5) is 10.2 Å². The maximum atomic E-state index is 14.6. The van der Waals surface area contributed by atoms with E-state index >= 15 is 0 Å². The topological polar surface area (TPSA) is 116 Å². The molecule has 36 heavy (non-hydrogen) atoms. The van der Waals surface area contributed by atoms with E-state index in [0.717, 1.165) is 24.5 Å². The number of nitrogens with zero attached hydrogens (tertiary/aromatic N) is 8. The summed E-state index contributed by atoms with van der Waals surface area (Å²) in [6.45, 7) is 2.63. The molecule has 4 heterocycles. The van der Waals surface area contributed by atoms with Crippen LogP contribution in [0.15, 0.2) is 49.1 Å². The zero-order valence-electron chi connectivity index (χ0n) is 19.8. The molecule has 1 amide bonds. The Hall–Kier alpha value is -4.19. The molecule has 1 aliphatic heterocycles. The van der Waals surface area contributed by atoms with Crippen LogP contribution >= 0.6 is 0 Å². The first kappa shape index (κ1) is 23.5. The minimum Gasteiger partial charge on any atom is -0.378 e. The summed E-state index contributed by atoms with van der Waals surface area (Å²) in [6, 6.07) is 8.61. The van der Waals surface area contributed by atoms with Crippen molar-refractivity contribution in [2.24, 2.45) is 0 Å². The number of anilines is 1. The van der Waals surface area contributed by atoms with Gasteiger partial charge in [-0.1, -0.05) is 12.1 Å². The molecule has 0 radical (unpaired) electrons. The Morgan fingerprint density at radius 3 is 2.78 bits per heavy atom. The molecule has 0 bridgehead atoms. The molecule has 0 unspecified atom stereocenters. The third kappa shape index (κ3) is 5.08. The summed E-state index contributed by atoms with van der Waals surface area (Å²) in [4.78, 5) is 19.9. The van der Waals surface area contributed by atoms with Crippen LogP contribution in [-0.2, 0) is 24.4 Å². The molecular weight excluding hydrogens is 465 g/mol. The Morgan fingerprint density at radius 1 is 1.19 bits per heavy atom. The van der Waals surface area contributed by atoms with E-state index in [1.165, 1.54) is 29.9 Å². The molecule has 3 aromatic heterocycles. The van der Waals surface area contributed by atoms with Gasteiger partial charge in [0, 0.05) is 44.7 Å². The van der Waals surface area contributed by atoms with E-state index < -0.39 is 5.82 Å². The quantitative estimate of drug-likeness (QED) is 0.379. The molecule has 11 nitrogen and oxygen atoms in total. The summed E-state index contributed by atoms with van der Waals surface area (Å²) >= 11 is 0. The van der Waals surface area contributed by atoms with Crippen molar-refractivity contribution in [3.05, 3.63) is 77.3 Å². The number of halogens is 1. The molecule has 5 rings (SSSR count). The van der Waals surface area contributed by atoms with E-state index in [9.17, 15) is 9.18 Å². The average Bonchev–Trinajstić information content (AvgIpc) is 3.66. The van der Waals surface area contributed by atoms with Gasteiger partial charge in [-0.2, -0.15) is 5.10 Å². The van der Waals surface area contributed by atoms with Crippen LogP contribution in [0.5, 0.6) is 0 Å². The second-order valence-electron chi connectivity index (χ2n) is 8.51. The van der Waals surface area contributed by atoms with Crippen LogP contribution in [0, 0.1) is 5.82 Å². The lowest BCUT2D eigenvalue weighted by atomic mass is 10.1. The number of benzene rings is 1. The van der Waals surface area contributed by atoms with Crippen LogP contribution in [0.25, 0.3) is 5.69 Å². The van der Waals surface area contributed by atoms with E-state index in [-0.39, 0.29) is 24.6 Å². The summed E-state index contributed by atoms with van der Waals surface area (Å²) in [5, 5.41) is 18.3. The lowest BCUT2D eigenvalue weighted by molar-refractivity contribution is 0.0945. The molecule has 186 valence electrons. The zero-order chi connectivity index (χ0) is 24.9. The number of methoxy groups -OCH3 is 1. The molecule has 1 fully saturated rings. The van der Waals surface area contributed by atoms with Crippen molar-refractivity contribution in [2.45, 2.75) is 32.5 Å². The zero-order valence-corrected chi connectivity index (χ0v) is 19.8. The Labute approximate surface area is 206 Å². The van der Waals surface area contributed by atoms with Crippen molar-refractivity contribution in [3.63, 3.8) is 0 Å². The molecular formula is C24H26FN9O2. The van der Waals surface area contributed by atoms with Gasteiger partial charge in [0.2, 0.25) is 0 Å². The fourth-order valence-electron chi connectivity index (χ4n) is 4.28. The highest BCUT2D eigenvalue weighted by molar-refractivity contribution is 5.95. The number of carbonyl (C=O) groups is 1. The van der Waals surface area contributed by atoms with E-state index in [4.69, 9.17) is 4.74 Å². The number of pyridine rings is 1. The molecule has 0 atom stereocenters. The van der Waals surface area contributed by atoms with Gasteiger partial charge >= 0.3 is 0 Å². The van der Waals surface area contributed by atoms with Crippen LogP contribution in [0.1, 0.15) is 40.0 Å². The lowest BCUT2D eigenvalue weighted by Crippen LogP contribution is -2.25. The highest BCUT2D eigenvalue weighted by Crippen LogP contribution is 2.19. The largest absolute Gasteiger partial charge is 0.378 e. The van der Waals surface area contributed by atoms with Crippen molar-refractivity contribution >= 4 is 11.7 Å². The van der Waals surface area contributed by atoms with Crippen LogP contribution in [-0.4, -0.2) is 61.1 Å². The fraction of sp³-hybridized carbons (Fsp3) is 0.333. The van der Waals surface area contributed by atoms with Crippen molar-refractivity contribution in [3.8, 4) is 5.69 Å². The minimum atomic E-state index is -0.471. The van der Waals surface area contributed by atoms with Crippen molar-refractivity contribution in [1.29, 1.82) is 0 Å². The molecule has 0 saturated carbocycles. The normalized spacial score (nSPS) is 13.3. The van der Waals surface area contributed by atoms with E-state index in [1.807, 2.05) is 18.3 Å². The molecule has 4 aromatic rings. The molecule has 0 aliphatic carbocycles. The number of hydrogen-bond acceptors (Lipinski definition) is 8. The Kier molecular flexibility index (Phi) is 6.94. The molecule has 1 aromatic carbocycles. The third-order valence-corrected chi connectivity index (χ3v) is 6.06. The van der Waals surface area contributed by atoms with Gasteiger partial charge in [0.25, 0.3) is 5.91 Å². The SMILES string of the molecule is COCc1nn(Cc2ccc(N3CCCC3)nc2)cc1C(=O)NCc1c(F)cccc1-n1cnnn1. The van der Waals surface area contributed by atoms with Gasteiger partial charge in [0.1, 0.15) is 23.7 Å². The van der Waals surface area contributed by atoms with Crippen LogP contribution < -0.4 is 10.2 Å². The smallest absolute Gasteiger partial charge is 0.255 e. The number of rotatable bonds is 9. The standard InChI is InChI=1S/C24H26FN9O2/c1-36-15-21-19(14-33(29-21)13-17-7-8-23(26-11-17)32-9-2-3-10-32)24(35)27-12-18-20(25)5-4-6-22(18)34-16-28-30-31-34/h4-8,11,14,16H,2-3,9-10,12-13,15H2,1H3,(H,27,35). The van der Waals surface area contributed by atoms with Gasteiger partial charge in [0.15, 0.2) is 0 Å². The summed E-state index contributed by atoms with van der Waals surface area (Å²) < 4.78 is 22.9. The first-order valence-electron chi connectivity index (χ1n) is 11.7. The molecule has 0 spiro atoms. The lowest BCUT2D eigenvalue weighted by Gasteiger charge is -2.16. The predicted octanol–water partition coefficient (Wildman–Crippen LogP) is 2.12. The molecule has 1 N–H and O–H groups in total. The highest BCUT2D eigenvalue weighted by atomic mass is 19.1. The van der Waals surface area contributed by atoms with Gasteiger partial charge in [-0.05, 0) is 47.0 Å². The Morgan fingerprint density at radius 2 is 2.06 bits per heavy atom.